The van der Waals surface area contributed by atoms with Crippen molar-refractivity contribution >= 4 is 13.0 Å². The summed E-state index contributed by atoms with van der Waals surface area (Å²) in [5.74, 6) is 0.570. The van der Waals surface area contributed by atoms with Crippen LogP contribution in [0.4, 0.5) is 0 Å². The highest BCUT2D eigenvalue weighted by molar-refractivity contribution is 6.75. The Balaban J connectivity index is 2.16. The Kier molecular flexibility index (Phi) is 1.98. The van der Waals surface area contributed by atoms with Gasteiger partial charge < -0.3 is 10.9 Å². The summed E-state index contributed by atoms with van der Waals surface area (Å²) in [6, 6.07) is 0. The van der Waals surface area contributed by atoms with E-state index in [1.807, 2.05) is 7.28 Å². The summed E-state index contributed by atoms with van der Waals surface area (Å²) in [5.41, 5.74) is 5.48. The third-order valence-corrected chi connectivity index (χ3v) is 1.67. The van der Waals surface area contributed by atoms with Crippen LogP contribution in [0.3, 0.4) is 0 Å². The molecule has 0 aromatic carbocycles. The lowest BCUT2D eigenvalue weighted by atomic mass is 9.55. The smallest absolute Gasteiger partial charge is 0.208 e. The molecule has 0 atom stereocenters. The molecule has 0 bridgehead atoms. The van der Waals surface area contributed by atoms with Crippen molar-refractivity contribution in [3.05, 3.63) is 0 Å². The standard InChI is InChI=1S/C5H10BN2O/c7-5(8-9)6-4-2-1-3-4/h4,9H,1-3H2,(H2,7,8). The number of oxime groups is 1. The van der Waals surface area contributed by atoms with Crippen LogP contribution in [-0.2, 0) is 0 Å². The maximum atomic E-state index is 8.13. The van der Waals surface area contributed by atoms with Gasteiger partial charge in [0.2, 0.25) is 7.28 Å². The third-order valence-electron chi connectivity index (χ3n) is 1.67. The van der Waals surface area contributed by atoms with Crippen molar-refractivity contribution in [1.29, 1.82) is 0 Å². The predicted molar refractivity (Wildman–Crippen MR) is 36.8 cm³/mol. The van der Waals surface area contributed by atoms with Gasteiger partial charge in [0.05, 0.1) is 5.73 Å². The van der Waals surface area contributed by atoms with Crippen molar-refractivity contribution in [2.75, 3.05) is 0 Å². The summed E-state index contributed by atoms with van der Waals surface area (Å²) < 4.78 is 0. The Hall–Kier alpha value is -0.665. The Morgan fingerprint density at radius 3 is 2.67 bits per heavy atom. The van der Waals surface area contributed by atoms with E-state index in [0.29, 0.717) is 5.82 Å². The van der Waals surface area contributed by atoms with Gasteiger partial charge in [-0.15, -0.1) is 0 Å². The van der Waals surface area contributed by atoms with Gasteiger partial charge in [-0.3, -0.25) is 0 Å². The number of nitrogens with zero attached hydrogens (tertiary/aromatic N) is 1. The maximum absolute atomic E-state index is 8.13. The molecule has 49 valence electrons. The van der Waals surface area contributed by atoms with E-state index in [9.17, 15) is 0 Å². The molecule has 3 nitrogen and oxygen atoms in total. The van der Waals surface area contributed by atoms with E-state index in [1.165, 1.54) is 19.3 Å². The zero-order chi connectivity index (χ0) is 6.69. The quantitative estimate of drug-likeness (QED) is 0.184. The SMILES string of the molecule is N/C([B]C1CCC1)=N\O. The van der Waals surface area contributed by atoms with E-state index in [2.05, 4.69) is 5.16 Å². The molecule has 0 saturated heterocycles. The number of rotatable bonds is 2. The lowest BCUT2D eigenvalue weighted by Gasteiger charge is -2.23. The minimum atomic E-state index is 0.250. The van der Waals surface area contributed by atoms with E-state index in [0.717, 1.165) is 0 Å². The Labute approximate surface area is 55.2 Å². The van der Waals surface area contributed by atoms with Crippen molar-refractivity contribution in [1.82, 2.24) is 0 Å². The predicted octanol–water partition coefficient (Wildman–Crippen LogP) is 0.367. The molecular weight excluding hydrogens is 115 g/mol. The molecule has 1 fully saturated rings. The summed E-state index contributed by atoms with van der Waals surface area (Å²) in [7, 11) is 1.81. The highest BCUT2D eigenvalue weighted by Crippen LogP contribution is 2.30. The number of hydrogen-bond acceptors (Lipinski definition) is 2. The molecule has 0 aromatic heterocycles. The summed E-state index contributed by atoms with van der Waals surface area (Å²) in [6.45, 7) is 0. The van der Waals surface area contributed by atoms with Crippen LogP contribution in [0.5, 0.6) is 0 Å². The molecule has 1 radical (unpaired) electrons. The zero-order valence-electron chi connectivity index (χ0n) is 5.25. The van der Waals surface area contributed by atoms with Crippen molar-refractivity contribution in [2.45, 2.75) is 25.1 Å². The fraction of sp³-hybridized carbons (Fsp3) is 0.800. The van der Waals surface area contributed by atoms with E-state index >= 15 is 0 Å². The highest BCUT2D eigenvalue weighted by Gasteiger charge is 2.19. The topological polar surface area (TPSA) is 58.6 Å². The summed E-state index contributed by atoms with van der Waals surface area (Å²) >= 11 is 0. The summed E-state index contributed by atoms with van der Waals surface area (Å²) in [6.07, 6.45) is 3.66. The maximum Gasteiger partial charge on any atom is 0.208 e. The van der Waals surface area contributed by atoms with Gasteiger partial charge in [-0.2, -0.15) is 0 Å². The Morgan fingerprint density at radius 1 is 1.67 bits per heavy atom. The molecule has 3 N–H and O–H groups in total. The lowest BCUT2D eigenvalue weighted by Crippen LogP contribution is -2.27. The second-order valence-corrected chi connectivity index (χ2v) is 2.38. The van der Waals surface area contributed by atoms with Gasteiger partial charge in [-0.1, -0.05) is 30.2 Å². The molecule has 0 heterocycles. The van der Waals surface area contributed by atoms with Gasteiger partial charge in [0, 0.05) is 0 Å². The molecule has 1 aliphatic rings. The first-order valence-electron chi connectivity index (χ1n) is 3.15. The fourth-order valence-electron chi connectivity index (χ4n) is 0.881. The van der Waals surface area contributed by atoms with Crippen LogP contribution in [0, 0.1) is 0 Å². The van der Waals surface area contributed by atoms with Gasteiger partial charge in [0.1, 0.15) is 0 Å². The van der Waals surface area contributed by atoms with Crippen molar-refractivity contribution in [2.24, 2.45) is 10.9 Å². The van der Waals surface area contributed by atoms with Crippen LogP contribution in [0.15, 0.2) is 5.16 Å². The molecule has 0 aliphatic heterocycles. The molecular formula is C5H10BN2O. The van der Waals surface area contributed by atoms with Crippen molar-refractivity contribution in [3.63, 3.8) is 0 Å². The number of hydrogen-bond donors (Lipinski definition) is 2. The largest absolute Gasteiger partial charge is 0.410 e. The van der Waals surface area contributed by atoms with Crippen LogP contribution in [0.1, 0.15) is 19.3 Å². The summed E-state index contributed by atoms with van der Waals surface area (Å²) in [4.78, 5) is 0. The van der Waals surface area contributed by atoms with E-state index < -0.39 is 0 Å². The third kappa shape index (κ3) is 1.62. The lowest BCUT2D eigenvalue weighted by molar-refractivity contribution is 0.319. The molecule has 0 unspecified atom stereocenters. The van der Waals surface area contributed by atoms with Gasteiger partial charge in [-0.25, -0.2) is 0 Å². The van der Waals surface area contributed by atoms with Crippen molar-refractivity contribution in [3.8, 4) is 0 Å². The second-order valence-electron chi connectivity index (χ2n) is 2.38. The monoisotopic (exact) mass is 125 g/mol. The van der Waals surface area contributed by atoms with Crippen LogP contribution in [0.2, 0.25) is 5.82 Å². The van der Waals surface area contributed by atoms with Gasteiger partial charge >= 0.3 is 0 Å². The fourth-order valence-corrected chi connectivity index (χ4v) is 0.881. The molecule has 9 heavy (non-hydrogen) atoms. The molecule has 0 spiro atoms. The minimum absolute atomic E-state index is 0.250. The van der Waals surface area contributed by atoms with Gasteiger partial charge in [0.15, 0.2) is 0 Å². The van der Waals surface area contributed by atoms with Crippen LogP contribution < -0.4 is 5.73 Å². The minimum Gasteiger partial charge on any atom is -0.410 e. The molecule has 1 aliphatic carbocycles. The molecule has 0 amide bonds. The van der Waals surface area contributed by atoms with E-state index in [4.69, 9.17) is 10.9 Å². The average Bonchev–Trinajstić information content (AvgIpc) is 1.78. The van der Waals surface area contributed by atoms with Gasteiger partial charge in [0.25, 0.3) is 0 Å². The Bertz CT molecular complexity index is 122. The van der Waals surface area contributed by atoms with E-state index in [-0.39, 0.29) is 5.73 Å². The molecule has 4 heteroatoms. The number of nitrogens with two attached hydrogens (primary N) is 1. The van der Waals surface area contributed by atoms with Crippen LogP contribution in [-0.4, -0.2) is 18.2 Å². The molecule has 0 aromatic rings. The summed E-state index contributed by atoms with van der Waals surface area (Å²) in [5, 5.41) is 11.0. The van der Waals surface area contributed by atoms with Crippen LogP contribution >= 0.6 is 0 Å². The van der Waals surface area contributed by atoms with E-state index in [1.54, 1.807) is 0 Å². The molecule has 1 rings (SSSR count). The zero-order valence-corrected chi connectivity index (χ0v) is 5.25. The Morgan fingerprint density at radius 2 is 2.33 bits per heavy atom. The van der Waals surface area contributed by atoms with Crippen molar-refractivity contribution < 1.29 is 5.21 Å². The first-order valence-corrected chi connectivity index (χ1v) is 3.15. The van der Waals surface area contributed by atoms with Crippen LogP contribution in [0.25, 0.3) is 0 Å². The average molecular weight is 125 g/mol. The molecule has 1 saturated carbocycles. The van der Waals surface area contributed by atoms with Gasteiger partial charge in [-0.05, 0) is 0 Å². The normalized spacial score (nSPS) is 21.1. The highest BCUT2D eigenvalue weighted by atomic mass is 16.4. The first-order chi connectivity index (χ1) is 4.33. The number of amidine groups is 1. The second kappa shape index (κ2) is 2.76. The first kappa shape index (κ1) is 6.45.